The molecule has 0 aliphatic heterocycles. The van der Waals surface area contributed by atoms with Crippen LogP contribution in [0.5, 0.6) is 0 Å². The van der Waals surface area contributed by atoms with E-state index in [1.54, 1.807) is 5.92 Å². The van der Waals surface area contributed by atoms with Crippen LogP contribution in [-0.4, -0.2) is 46.2 Å². The molecule has 0 aliphatic carbocycles. The molecule has 6 heteroatoms. The molecule has 0 saturated carbocycles. The van der Waals surface area contributed by atoms with Crippen LogP contribution in [0.25, 0.3) is 0 Å². The standard InChI is InChI=1S/C6H14O3.C3H2O2S/c1-2-6(3-7,4-8)5-9;4-3(5)1-2-6/h7-9H,2-5H2,1H3;6H,(H,4,5). The van der Waals surface area contributed by atoms with E-state index < -0.39 is 11.4 Å². The molecule has 0 radical (unpaired) electrons. The summed E-state index contributed by atoms with van der Waals surface area (Å²) in [5.41, 5.74) is -0.667. The molecule has 15 heavy (non-hydrogen) atoms. The largest absolute Gasteiger partial charge is 0.472 e. The quantitative estimate of drug-likeness (QED) is 0.329. The second-order valence-electron chi connectivity index (χ2n) is 2.87. The molecule has 4 N–H and O–H groups in total. The molecule has 0 saturated heterocycles. The van der Waals surface area contributed by atoms with E-state index in [0.29, 0.717) is 6.42 Å². The number of rotatable bonds is 4. The fraction of sp³-hybridized carbons (Fsp3) is 0.667. The number of carboxylic acids is 1. The zero-order chi connectivity index (χ0) is 12.3. The Bertz CT molecular complexity index is 209. The molecule has 0 aromatic carbocycles. The normalized spacial score (nSPS) is 9.40. The Morgan fingerprint density at radius 3 is 1.67 bits per heavy atom. The first kappa shape index (κ1) is 16.7. The Balaban J connectivity index is 0. The summed E-state index contributed by atoms with van der Waals surface area (Å²) >= 11 is 3.32. The van der Waals surface area contributed by atoms with Crippen molar-refractivity contribution in [3.8, 4) is 11.2 Å². The molecule has 88 valence electrons. The van der Waals surface area contributed by atoms with Gasteiger partial charge in [0.15, 0.2) is 0 Å². The molecular weight excluding hydrogens is 220 g/mol. The molecule has 0 unspecified atom stereocenters. The molecule has 0 atom stereocenters. The molecule has 0 aliphatic rings. The van der Waals surface area contributed by atoms with Crippen LogP contribution in [0.1, 0.15) is 13.3 Å². The highest BCUT2D eigenvalue weighted by molar-refractivity contribution is 7.85. The molecule has 5 nitrogen and oxygen atoms in total. The van der Waals surface area contributed by atoms with Crippen molar-refractivity contribution in [3.63, 3.8) is 0 Å². The number of hydrogen-bond acceptors (Lipinski definition) is 5. The van der Waals surface area contributed by atoms with Gasteiger partial charge in [0, 0.05) is 11.3 Å². The average molecular weight is 236 g/mol. The summed E-state index contributed by atoms with van der Waals surface area (Å²) < 4.78 is 0. The van der Waals surface area contributed by atoms with Gasteiger partial charge in [0.1, 0.15) is 0 Å². The Morgan fingerprint density at radius 2 is 1.67 bits per heavy atom. The number of aliphatic hydroxyl groups is 3. The molecule has 0 heterocycles. The lowest BCUT2D eigenvalue weighted by Gasteiger charge is -2.24. The second-order valence-corrected chi connectivity index (χ2v) is 3.09. The maximum atomic E-state index is 9.38. The number of carbonyl (C=O) groups is 1. The number of aliphatic hydroxyl groups excluding tert-OH is 3. The third-order valence-corrected chi connectivity index (χ3v) is 2.03. The lowest BCUT2D eigenvalue weighted by atomic mass is 9.88. The van der Waals surface area contributed by atoms with E-state index in [4.69, 9.17) is 20.4 Å². The average Bonchev–Trinajstić information content (AvgIpc) is 2.23. The number of aliphatic carboxylic acids is 1. The van der Waals surface area contributed by atoms with Crippen LogP contribution in [-0.2, 0) is 4.79 Å². The SMILES string of the molecule is CCC(CO)(CO)CO.O=C(O)C#CS. The number of carboxylic acid groups (broad SMARTS) is 1. The van der Waals surface area contributed by atoms with Crippen molar-refractivity contribution in [2.24, 2.45) is 5.41 Å². The van der Waals surface area contributed by atoms with Gasteiger partial charge in [0.05, 0.1) is 19.8 Å². The number of thiol groups is 1. The summed E-state index contributed by atoms with van der Waals surface area (Å²) in [4.78, 5) is 9.38. The van der Waals surface area contributed by atoms with Crippen molar-refractivity contribution >= 4 is 18.6 Å². The highest BCUT2D eigenvalue weighted by Gasteiger charge is 2.24. The molecule has 0 rings (SSSR count). The van der Waals surface area contributed by atoms with Crippen molar-refractivity contribution in [1.29, 1.82) is 0 Å². The van der Waals surface area contributed by atoms with E-state index in [-0.39, 0.29) is 19.8 Å². The van der Waals surface area contributed by atoms with Gasteiger partial charge < -0.3 is 20.4 Å². The summed E-state index contributed by atoms with van der Waals surface area (Å²) in [5, 5.41) is 35.6. The van der Waals surface area contributed by atoms with Crippen molar-refractivity contribution < 1.29 is 25.2 Å². The summed E-state index contributed by atoms with van der Waals surface area (Å²) in [6, 6.07) is 0. The molecule has 0 aromatic heterocycles. The molecule has 0 amide bonds. The monoisotopic (exact) mass is 236 g/mol. The van der Waals surface area contributed by atoms with Crippen LogP contribution in [0.3, 0.4) is 0 Å². The minimum Gasteiger partial charge on any atom is -0.472 e. The highest BCUT2D eigenvalue weighted by Crippen LogP contribution is 2.18. The second kappa shape index (κ2) is 9.80. The molecular formula is C9H16O5S. The third-order valence-electron chi connectivity index (χ3n) is 1.92. The van der Waals surface area contributed by atoms with Crippen molar-refractivity contribution in [1.82, 2.24) is 0 Å². The molecule has 0 fully saturated rings. The smallest absolute Gasteiger partial charge is 0.382 e. The predicted octanol–water partition coefficient (Wildman–Crippen LogP) is -0.679. The van der Waals surface area contributed by atoms with Crippen molar-refractivity contribution in [3.05, 3.63) is 0 Å². The van der Waals surface area contributed by atoms with E-state index in [1.165, 1.54) is 0 Å². The fourth-order valence-corrected chi connectivity index (χ4v) is 0.629. The lowest BCUT2D eigenvalue weighted by Crippen LogP contribution is -2.32. The van der Waals surface area contributed by atoms with E-state index in [0.717, 1.165) is 0 Å². The van der Waals surface area contributed by atoms with Gasteiger partial charge in [-0.2, -0.15) is 0 Å². The molecule has 0 bridgehead atoms. The Hall–Kier alpha value is -0.740. The maximum absolute atomic E-state index is 9.38. The topological polar surface area (TPSA) is 98.0 Å². The first-order chi connectivity index (χ1) is 7.01. The fourth-order valence-electron chi connectivity index (χ4n) is 0.533. The first-order valence-corrected chi connectivity index (χ1v) is 4.67. The summed E-state index contributed by atoms with van der Waals surface area (Å²) in [6.45, 7) is 1.35. The Labute approximate surface area is 94.2 Å². The highest BCUT2D eigenvalue weighted by atomic mass is 32.1. The van der Waals surface area contributed by atoms with Crippen LogP contribution < -0.4 is 0 Å². The first-order valence-electron chi connectivity index (χ1n) is 4.22. The lowest BCUT2D eigenvalue weighted by molar-refractivity contribution is -0.130. The van der Waals surface area contributed by atoms with Gasteiger partial charge in [0.2, 0.25) is 0 Å². The van der Waals surface area contributed by atoms with Crippen molar-refractivity contribution in [2.45, 2.75) is 13.3 Å². The van der Waals surface area contributed by atoms with Gasteiger partial charge in [-0.15, -0.1) is 0 Å². The maximum Gasteiger partial charge on any atom is 0.382 e. The van der Waals surface area contributed by atoms with Crippen LogP contribution >= 0.6 is 12.6 Å². The van der Waals surface area contributed by atoms with Crippen LogP contribution in [0.4, 0.5) is 0 Å². The van der Waals surface area contributed by atoms with E-state index in [2.05, 4.69) is 12.6 Å². The van der Waals surface area contributed by atoms with Crippen LogP contribution in [0.2, 0.25) is 0 Å². The zero-order valence-electron chi connectivity index (χ0n) is 8.47. The van der Waals surface area contributed by atoms with Gasteiger partial charge in [0.25, 0.3) is 0 Å². The Morgan fingerprint density at radius 1 is 1.27 bits per heavy atom. The summed E-state index contributed by atoms with van der Waals surface area (Å²) in [6.07, 6.45) is 0.594. The predicted molar refractivity (Wildman–Crippen MR) is 58.4 cm³/mol. The summed E-state index contributed by atoms with van der Waals surface area (Å²) in [5.74, 6) is 0.591. The molecule has 0 aromatic rings. The van der Waals surface area contributed by atoms with Gasteiger partial charge in [-0.1, -0.05) is 19.6 Å². The number of hydrogen-bond donors (Lipinski definition) is 5. The minimum absolute atomic E-state index is 0.156. The van der Waals surface area contributed by atoms with E-state index >= 15 is 0 Å². The summed E-state index contributed by atoms with van der Waals surface area (Å²) in [7, 11) is 0. The zero-order valence-corrected chi connectivity index (χ0v) is 9.37. The Kier molecular flexibility index (Phi) is 10.9. The van der Waals surface area contributed by atoms with Crippen LogP contribution in [0.15, 0.2) is 0 Å². The molecule has 0 spiro atoms. The van der Waals surface area contributed by atoms with Gasteiger partial charge in [-0.25, -0.2) is 4.79 Å². The van der Waals surface area contributed by atoms with Gasteiger partial charge >= 0.3 is 5.97 Å². The van der Waals surface area contributed by atoms with E-state index in [1.807, 2.05) is 12.2 Å². The minimum atomic E-state index is -1.15. The van der Waals surface area contributed by atoms with E-state index in [9.17, 15) is 4.79 Å². The van der Waals surface area contributed by atoms with Gasteiger partial charge in [-0.3, -0.25) is 0 Å². The van der Waals surface area contributed by atoms with Crippen molar-refractivity contribution in [2.75, 3.05) is 19.8 Å². The third kappa shape index (κ3) is 8.27. The van der Waals surface area contributed by atoms with Crippen LogP contribution in [0, 0.1) is 16.6 Å². The van der Waals surface area contributed by atoms with Gasteiger partial charge in [-0.05, 0) is 11.7 Å².